The van der Waals surface area contributed by atoms with Crippen molar-refractivity contribution in [2.24, 2.45) is 5.73 Å². The van der Waals surface area contributed by atoms with Crippen LogP contribution in [0.5, 0.6) is 23.5 Å². The summed E-state index contributed by atoms with van der Waals surface area (Å²) < 4.78 is 15.3. The van der Waals surface area contributed by atoms with Crippen molar-refractivity contribution in [1.29, 1.82) is 5.26 Å². The molecule has 0 bridgehead atoms. The van der Waals surface area contributed by atoms with Crippen LogP contribution in [-0.2, 0) is 0 Å². The molecule has 2 fully saturated rings. The number of rotatable bonds is 7. The highest BCUT2D eigenvalue weighted by molar-refractivity contribution is 5.93. The van der Waals surface area contributed by atoms with Gasteiger partial charge in [-0.3, -0.25) is 4.79 Å². The molecule has 6 heterocycles. The van der Waals surface area contributed by atoms with Crippen LogP contribution in [0.4, 0.5) is 11.6 Å². The van der Waals surface area contributed by atoms with Crippen molar-refractivity contribution in [3.05, 3.63) is 60.4 Å². The van der Waals surface area contributed by atoms with Gasteiger partial charge in [0.05, 0.1) is 23.7 Å². The molecule has 6 aromatic rings. The molecule has 0 aromatic carbocycles. The van der Waals surface area contributed by atoms with Crippen LogP contribution in [0.2, 0.25) is 0 Å². The van der Waals surface area contributed by atoms with E-state index in [1.54, 1.807) is 12.1 Å². The van der Waals surface area contributed by atoms with E-state index in [4.69, 9.17) is 31.9 Å². The van der Waals surface area contributed by atoms with Crippen LogP contribution in [-0.4, -0.2) is 55.4 Å². The van der Waals surface area contributed by atoms with Crippen LogP contribution < -0.4 is 26.7 Å². The van der Waals surface area contributed by atoms with E-state index in [1.807, 2.05) is 9.36 Å². The predicted octanol–water partition coefficient (Wildman–Crippen LogP) is 4.39. The molecule has 0 atom stereocenters. The minimum Gasteiger partial charge on any atom is -0.418 e. The number of aromatic nitrogens is 10. The smallest absolute Gasteiger partial charge is 0.253 e. The van der Waals surface area contributed by atoms with Crippen molar-refractivity contribution in [2.75, 3.05) is 11.5 Å². The Hall–Kier alpha value is -6.44. The first-order chi connectivity index (χ1) is 23.9. The number of primary amides is 1. The second-order valence-electron chi connectivity index (χ2n) is 11.7. The van der Waals surface area contributed by atoms with Gasteiger partial charge in [0.15, 0.2) is 11.3 Å². The van der Waals surface area contributed by atoms with Gasteiger partial charge in [-0.1, -0.05) is 25.7 Å². The Kier molecular flexibility index (Phi) is 8.49. The third-order valence-electron chi connectivity index (χ3n) is 8.60. The predicted molar refractivity (Wildman–Crippen MR) is 176 cm³/mol. The van der Waals surface area contributed by atoms with Gasteiger partial charge in [0, 0.05) is 30.1 Å². The lowest BCUT2D eigenvalue weighted by Gasteiger charge is -2.09. The molecule has 2 saturated carbocycles. The fourth-order valence-electron chi connectivity index (χ4n) is 6.23. The van der Waals surface area contributed by atoms with Gasteiger partial charge < -0.3 is 26.7 Å². The Morgan fingerprint density at radius 3 is 1.71 bits per heavy atom. The number of anilines is 2. The molecule has 17 heteroatoms. The number of nitriles is 1. The first-order valence-electron chi connectivity index (χ1n) is 15.8. The average molecular weight is 661 g/mol. The van der Waals surface area contributed by atoms with E-state index in [2.05, 4.69) is 46.2 Å². The van der Waals surface area contributed by atoms with Crippen molar-refractivity contribution in [3.8, 4) is 29.6 Å². The number of nitrogen functional groups attached to an aromatic ring is 2. The first kappa shape index (κ1) is 31.2. The van der Waals surface area contributed by atoms with Crippen LogP contribution in [0.1, 0.15) is 79.4 Å². The Labute approximate surface area is 279 Å². The lowest BCUT2D eigenvalue weighted by atomic mass is 10.2. The number of pyridine rings is 2. The van der Waals surface area contributed by atoms with Crippen LogP contribution >= 0.6 is 0 Å². The summed E-state index contributed by atoms with van der Waals surface area (Å²) in [6.45, 7) is 0. The summed E-state index contributed by atoms with van der Waals surface area (Å²) in [5.41, 5.74) is 19.4. The third kappa shape index (κ3) is 6.31. The Morgan fingerprint density at radius 1 is 0.735 bits per heavy atom. The number of nitrogens with two attached hydrogens (primary N) is 3. The number of fused-ring (bicyclic) bond motifs is 2. The van der Waals surface area contributed by atoms with Crippen LogP contribution in [0.25, 0.3) is 22.1 Å². The molecule has 17 nitrogen and oxygen atoms in total. The highest BCUT2D eigenvalue weighted by Gasteiger charge is 2.26. The highest BCUT2D eigenvalue weighted by atomic mass is 16.5. The van der Waals surface area contributed by atoms with E-state index in [1.165, 1.54) is 50.0 Å². The molecule has 6 aromatic heterocycles. The summed E-state index contributed by atoms with van der Waals surface area (Å²) >= 11 is 0. The molecular weight excluding hydrogens is 628 g/mol. The summed E-state index contributed by atoms with van der Waals surface area (Å²) in [4.78, 5) is 36.3. The highest BCUT2D eigenvalue weighted by Crippen LogP contribution is 2.38. The Morgan fingerprint density at radius 2 is 1.22 bits per heavy atom. The van der Waals surface area contributed by atoms with Gasteiger partial charge in [0.2, 0.25) is 17.7 Å². The van der Waals surface area contributed by atoms with Crippen molar-refractivity contribution >= 4 is 39.6 Å². The monoisotopic (exact) mass is 660 g/mol. The number of hydrogen-bond donors (Lipinski definition) is 3. The van der Waals surface area contributed by atoms with Crippen LogP contribution in [0, 0.1) is 11.3 Å². The number of hydrogen-bond acceptors (Lipinski definition) is 14. The molecule has 49 heavy (non-hydrogen) atoms. The van der Waals surface area contributed by atoms with Crippen molar-refractivity contribution < 1.29 is 14.3 Å². The quantitative estimate of drug-likeness (QED) is 0.215. The SMILES string of the molecule is N#Cc1ccnc(Oc2nn(C3CCCC3)c3ncnc(N)c23)c1.NC(=O)c1ccnc(Oc2nn(C3CCCC3)c3ncnc(N)c23)c1. The summed E-state index contributed by atoms with van der Waals surface area (Å²) in [6, 6.07) is 8.75. The van der Waals surface area contributed by atoms with E-state index in [9.17, 15) is 4.79 Å². The molecule has 0 aliphatic heterocycles. The lowest BCUT2D eigenvalue weighted by molar-refractivity contribution is 0.0999. The van der Waals surface area contributed by atoms with Gasteiger partial charge in [0.25, 0.3) is 11.8 Å². The zero-order valence-electron chi connectivity index (χ0n) is 26.3. The summed E-state index contributed by atoms with van der Waals surface area (Å²) in [6.07, 6.45) is 14.7. The topological polar surface area (TPSA) is 250 Å². The molecule has 248 valence electrons. The molecule has 8 rings (SSSR count). The van der Waals surface area contributed by atoms with E-state index < -0.39 is 5.91 Å². The van der Waals surface area contributed by atoms with E-state index in [0.29, 0.717) is 44.9 Å². The van der Waals surface area contributed by atoms with Crippen molar-refractivity contribution in [3.63, 3.8) is 0 Å². The number of carbonyl (C=O) groups is 1. The summed E-state index contributed by atoms with van der Waals surface area (Å²) in [7, 11) is 0. The van der Waals surface area contributed by atoms with Gasteiger partial charge in [-0.2, -0.15) is 5.26 Å². The molecule has 0 radical (unpaired) electrons. The molecule has 2 aliphatic rings. The molecule has 0 spiro atoms. The fourth-order valence-corrected chi connectivity index (χ4v) is 6.23. The zero-order chi connectivity index (χ0) is 33.9. The Balaban J connectivity index is 0.000000154. The maximum absolute atomic E-state index is 11.3. The standard InChI is InChI=1S/C16H17N7O2.C16H15N7O/c17-13-12-15(21-8-20-13)23(10-3-1-2-4-10)22-16(12)25-11-7-9(14(18)24)5-6-19-11;17-8-10-5-6-19-12(7-10)24-16-13-14(18)20-9-21-15(13)23(22-16)11-3-1-2-4-11/h5-8,10H,1-4H2,(H2,18,24)(H2,17,20,21);5-7,9,11H,1-4H2,(H2,18,20,21). The largest absolute Gasteiger partial charge is 0.418 e. The molecule has 2 aliphatic carbocycles. The van der Waals surface area contributed by atoms with Gasteiger partial charge >= 0.3 is 0 Å². The third-order valence-corrected chi connectivity index (χ3v) is 8.60. The Bertz CT molecular complexity index is 2200. The second kappa shape index (κ2) is 13.4. The van der Waals surface area contributed by atoms with Crippen LogP contribution in [0.3, 0.4) is 0 Å². The molecular formula is C32H32N14O3. The van der Waals surface area contributed by atoms with Gasteiger partial charge in [-0.25, -0.2) is 39.3 Å². The van der Waals surface area contributed by atoms with Crippen molar-refractivity contribution in [1.82, 2.24) is 49.5 Å². The lowest BCUT2D eigenvalue weighted by Crippen LogP contribution is -2.11. The molecule has 0 unspecified atom stereocenters. The van der Waals surface area contributed by atoms with Gasteiger partial charge in [-0.15, -0.1) is 10.2 Å². The molecule has 0 saturated heterocycles. The number of nitrogens with zero attached hydrogens (tertiary/aromatic N) is 11. The summed E-state index contributed by atoms with van der Waals surface area (Å²) in [5.74, 6) is 1.13. The zero-order valence-corrected chi connectivity index (χ0v) is 26.3. The maximum Gasteiger partial charge on any atom is 0.253 e. The minimum atomic E-state index is -0.559. The normalized spacial score (nSPS) is 14.8. The molecule has 1 amide bonds. The summed E-state index contributed by atoms with van der Waals surface area (Å²) in [5, 5.41) is 19.2. The first-order valence-corrected chi connectivity index (χ1v) is 15.8. The van der Waals surface area contributed by atoms with Gasteiger partial charge in [-0.05, 0) is 37.8 Å². The van der Waals surface area contributed by atoms with E-state index in [-0.39, 0.29) is 35.5 Å². The number of carbonyl (C=O) groups excluding carboxylic acids is 1. The van der Waals surface area contributed by atoms with Gasteiger partial charge in [0.1, 0.15) is 35.1 Å². The molecule has 6 N–H and O–H groups in total. The fraction of sp³-hybridized carbons (Fsp3) is 0.312. The maximum atomic E-state index is 11.3. The number of ether oxygens (including phenoxy) is 2. The second-order valence-corrected chi connectivity index (χ2v) is 11.7. The van der Waals surface area contributed by atoms with E-state index >= 15 is 0 Å². The van der Waals surface area contributed by atoms with Crippen LogP contribution in [0.15, 0.2) is 49.3 Å². The van der Waals surface area contributed by atoms with E-state index in [0.717, 1.165) is 38.5 Å². The minimum absolute atomic E-state index is 0.206. The van der Waals surface area contributed by atoms with Crippen molar-refractivity contribution in [2.45, 2.75) is 63.5 Å². The average Bonchev–Trinajstić information content (AvgIpc) is 3.93. The number of amides is 1.